The summed E-state index contributed by atoms with van der Waals surface area (Å²) in [6, 6.07) is 7.41. The molecule has 1 aromatic carbocycles. The van der Waals surface area contributed by atoms with E-state index in [0.29, 0.717) is 6.54 Å². The summed E-state index contributed by atoms with van der Waals surface area (Å²) in [4.78, 5) is 31.6. The van der Waals surface area contributed by atoms with Crippen molar-refractivity contribution < 1.29 is 9.90 Å². The fourth-order valence-electron chi connectivity index (χ4n) is 2.55. The number of aromatic nitrogens is 2. The molecule has 1 unspecified atom stereocenters. The topological polar surface area (TPSA) is 86.3 Å². The Bertz CT molecular complexity index is 711. The first kappa shape index (κ1) is 12.4. The largest absolute Gasteiger partial charge is 0.481 e. The average Bonchev–Trinajstić information content (AvgIpc) is 2.46. The van der Waals surface area contributed by atoms with Gasteiger partial charge < -0.3 is 15.0 Å². The Labute approximate surface area is 114 Å². The predicted molar refractivity (Wildman–Crippen MR) is 72.7 cm³/mol. The molecule has 2 heterocycles. The number of hydrogen-bond acceptors (Lipinski definition) is 4. The SMILES string of the molecule is O=C(O)C1CN(c2ncc[nH]c2=O)Cc2ccccc21. The first-order valence-corrected chi connectivity index (χ1v) is 6.26. The van der Waals surface area contributed by atoms with Crippen LogP contribution in [0.25, 0.3) is 0 Å². The number of nitrogens with zero attached hydrogens (tertiary/aromatic N) is 2. The van der Waals surface area contributed by atoms with Crippen molar-refractivity contribution in [2.24, 2.45) is 0 Å². The number of carboxylic acids is 1. The lowest BCUT2D eigenvalue weighted by Gasteiger charge is -2.32. The van der Waals surface area contributed by atoms with Gasteiger partial charge in [-0.1, -0.05) is 24.3 Å². The average molecular weight is 271 g/mol. The third-order valence-electron chi connectivity index (χ3n) is 3.48. The van der Waals surface area contributed by atoms with Gasteiger partial charge in [0.05, 0.1) is 5.92 Å². The highest BCUT2D eigenvalue weighted by atomic mass is 16.4. The Morgan fingerprint density at radius 3 is 2.95 bits per heavy atom. The van der Waals surface area contributed by atoms with E-state index in [1.807, 2.05) is 24.3 Å². The van der Waals surface area contributed by atoms with Gasteiger partial charge in [0, 0.05) is 25.5 Å². The number of rotatable bonds is 2. The standard InChI is InChI=1S/C14H13N3O3/c18-13-12(15-5-6-16-13)17-7-9-3-1-2-4-10(9)11(8-17)14(19)20/h1-6,11H,7-8H2,(H,16,18)(H,19,20). The monoisotopic (exact) mass is 271 g/mol. The number of aromatic amines is 1. The van der Waals surface area contributed by atoms with Crippen LogP contribution in [0.4, 0.5) is 5.82 Å². The molecular weight excluding hydrogens is 258 g/mol. The zero-order valence-corrected chi connectivity index (χ0v) is 10.6. The molecule has 3 rings (SSSR count). The summed E-state index contributed by atoms with van der Waals surface area (Å²) >= 11 is 0. The molecule has 1 atom stereocenters. The molecular formula is C14H13N3O3. The molecule has 0 amide bonds. The van der Waals surface area contributed by atoms with Gasteiger partial charge in [-0.05, 0) is 11.1 Å². The molecule has 0 spiro atoms. The molecule has 0 saturated carbocycles. The number of aliphatic carboxylic acids is 1. The molecule has 6 nitrogen and oxygen atoms in total. The molecule has 2 aromatic rings. The van der Waals surface area contributed by atoms with Gasteiger partial charge in [-0.3, -0.25) is 9.59 Å². The zero-order valence-electron chi connectivity index (χ0n) is 10.6. The lowest BCUT2D eigenvalue weighted by molar-refractivity contribution is -0.138. The molecule has 6 heteroatoms. The van der Waals surface area contributed by atoms with E-state index in [2.05, 4.69) is 9.97 Å². The zero-order chi connectivity index (χ0) is 14.1. The molecule has 0 saturated heterocycles. The summed E-state index contributed by atoms with van der Waals surface area (Å²) in [7, 11) is 0. The van der Waals surface area contributed by atoms with Crippen molar-refractivity contribution in [1.29, 1.82) is 0 Å². The number of fused-ring (bicyclic) bond motifs is 1. The Morgan fingerprint density at radius 1 is 1.40 bits per heavy atom. The third kappa shape index (κ3) is 2.05. The number of benzene rings is 1. The predicted octanol–water partition coefficient (Wildman–Crippen LogP) is 0.958. The van der Waals surface area contributed by atoms with Crippen molar-refractivity contribution in [3.05, 3.63) is 58.1 Å². The highest BCUT2D eigenvalue weighted by Crippen LogP contribution is 2.29. The number of anilines is 1. The van der Waals surface area contributed by atoms with E-state index < -0.39 is 11.9 Å². The molecule has 0 bridgehead atoms. The lowest BCUT2D eigenvalue weighted by Crippen LogP contribution is -2.39. The minimum atomic E-state index is -0.894. The molecule has 1 aliphatic heterocycles. The number of nitrogens with one attached hydrogen (secondary N) is 1. The van der Waals surface area contributed by atoms with Gasteiger partial charge in [-0.15, -0.1) is 0 Å². The number of carbonyl (C=O) groups is 1. The minimum absolute atomic E-state index is 0.242. The van der Waals surface area contributed by atoms with Crippen LogP contribution in [-0.4, -0.2) is 27.6 Å². The summed E-state index contributed by atoms with van der Waals surface area (Å²) < 4.78 is 0. The van der Waals surface area contributed by atoms with Crippen LogP contribution < -0.4 is 10.5 Å². The van der Waals surface area contributed by atoms with Crippen LogP contribution in [0, 0.1) is 0 Å². The number of H-pyrrole nitrogens is 1. The molecule has 1 aliphatic rings. The van der Waals surface area contributed by atoms with Crippen LogP contribution in [0.3, 0.4) is 0 Å². The maximum Gasteiger partial charge on any atom is 0.312 e. The molecule has 0 fully saturated rings. The Kier molecular flexibility index (Phi) is 2.98. The van der Waals surface area contributed by atoms with Crippen LogP contribution in [0.2, 0.25) is 0 Å². The number of carboxylic acid groups (broad SMARTS) is 1. The smallest absolute Gasteiger partial charge is 0.312 e. The van der Waals surface area contributed by atoms with Crippen LogP contribution >= 0.6 is 0 Å². The second-order valence-corrected chi connectivity index (χ2v) is 4.71. The fourth-order valence-corrected chi connectivity index (χ4v) is 2.55. The maximum absolute atomic E-state index is 11.8. The highest BCUT2D eigenvalue weighted by molar-refractivity contribution is 5.78. The van der Waals surface area contributed by atoms with Crippen molar-refractivity contribution >= 4 is 11.8 Å². The Balaban J connectivity index is 2.05. The van der Waals surface area contributed by atoms with Crippen LogP contribution in [-0.2, 0) is 11.3 Å². The van der Waals surface area contributed by atoms with E-state index in [0.717, 1.165) is 11.1 Å². The highest BCUT2D eigenvalue weighted by Gasteiger charge is 2.31. The molecule has 1 aromatic heterocycles. The summed E-state index contributed by atoms with van der Waals surface area (Å²) in [5, 5.41) is 9.39. The van der Waals surface area contributed by atoms with Crippen molar-refractivity contribution in [3.63, 3.8) is 0 Å². The van der Waals surface area contributed by atoms with E-state index in [1.54, 1.807) is 4.90 Å². The maximum atomic E-state index is 11.8. The van der Waals surface area contributed by atoms with Crippen molar-refractivity contribution in [1.82, 2.24) is 9.97 Å². The third-order valence-corrected chi connectivity index (χ3v) is 3.48. The second kappa shape index (κ2) is 4.80. The molecule has 0 aliphatic carbocycles. The van der Waals surface area contributed by atoms with E-state index in [9.17, 15) is 14.7 Å². The normalized spacial score (nSPS) is 17.6. The summed E-state index contributed by atoms with van der Waals surface area (Å²) in [6.07, 6.45) is 2.95. The van der Waals surface area contributed by atoms with E-state index in [1.165, 1.54) is 12.4 Å². The molecule has 20 heavy (non-hydrogen) atoms. The van der Waals surface area contributed by atoms with Crippen molar-refractivity contribution in [2.45, 2.75) is 12.5 Å². The van der Waals surface area contributed by atoms with Crippen LogP contribution in [0.15, 0.2) is 41.5 Å². The van der Waals surface area contributed by atoms with E-state index >= 15 is 0 Å². The first-order valence-electron chi connectivity index (χ1n) is 6.26. The number of hydrogen-bond donors (Lipinski definition) is 2. The van der Waals surface area contributed by atoms with E-state index in [-0.39, 0.29) is 17.9 Å². The lowest BCUT2D eigenvalue weighted by atomic mass is 9.90. The van der Waals surface area contributed by atoms with Gasteiger partial charge in [0.2, 0.25) is 0 Å². The van der Waals surface area contributed by atoms with Crippen molar-refractivity contribution in [3.8, 4) is 0 Å². The van der Waals surface area contributed by atoms with E-state index in [4.69, 9.17) is 0 Å². The quantitative estimate of drug-likeness (QED) is 0.849. The summed E-state index contributed by atoms with van der Waals surface area (Å²) in [6.45, 7) is 0.729. The Morgan fingerprint density at radius 2 is 2.20 bits per heavy atom. The first-order chi connectivity index (χ1) is 9.66. The fraction of sp³-hybridized carbons (Fsp3) is 0.214. The Hall–Kier alpha value is -2.63. The summed E-state index contributed by atoms with van der Waals surface area (Å²) in [5.74, 6) is -1.29. The van der Waals surface area contributed by atoms with Crippen LogP contribution in [0.5, 0.6) is 0 Å². The minimum Gasteiger partial charge on any atom is -0.481 e. The van der Waals surface area contributed by atoms with Gasteiger partial charge in [-0.25, -0.2) is 4.98 Å². The van der Waals surface area contributed by atoms with Gasteiger partial charge in [0.1, 0.15) is 0 Å². The van der Waals surface area contributed by atoms with Gasteiger partial charge in [-0.2, -0.15) is 0 Å². The second-order valence-electron chi connectivity index (χ2n) is 4.71. The van der Waals surface area contributed by atoms with Crippen LogP contribution in [0.1, 0.15) is 17.0 Å². The van der Waals surface area contributed by atoms with Crippen molar-refractivity contribution in [2.75, 3.05) is 11.4 Å². The summed E-state index contributed by atoms with van der Waals surface area (Å²) in [5.41, 5.74) is 1.41. The van der Waals surface area contributed by atoms with Gasteiger partial charge in [0.25, 0.3) is 5.56 Å². The molecule has 0 radical (unpaired) electrons. The molecule has 2 N–H and O–H groups in total. The van der Waals surface area contributed by atoms with Gasteiger partial charge in [0.15, 0.2) is 5.82 Å². The molecule has 102 valence electrons. The van der Waals surface area contributed by atoms with Gasteiger partial charge >= 0.3 is 5.97 Å².